The predicted octanol–water partition coefficient (Wildman–Crippen LogP) is 3.50. The van der Waals surface area contributed by atoms with Crippen LogP contribution in [-0.2, 0) is 11.3 Å². The quantitative estimate of drug-likeness (QED) is 0.516. The minimum absolute atomic E-state index is 0.0336. The van der Waals surface area contributed by atoms with Crippen LogP contribution in [-0.4, -0.2) is 67.9 Å². The number of anilines is 1. The SMILES string of the molecule is CN(C(=O)CN1CCN(C/C=C/c2ccccc2)CC1)c1ccccc1C(=O)NCc1ccco1. The van der Waals surface area contributed by atoms with E-state index in [9.17, 15) is 9.59 Å². The molecule has 7 heteroatoms. The number of furan rings is 1. The molecule has 2 aromatic carbocycles. The summed E-state index contributed by atoms with van der Waals surface area (Å²) in [4.78, 5) is 32.0. The molecule has 182 valence electrons. The van der Waals surface area contributed by atoms with Crippen LogP contribution in [0.15, 0.2) is 83.5 Å². The summed E-state index contributed by atoms with van der Waals surface area (Å²) in [5, 5.41) is 2.86. The fourth-order valence-corrected chi connectivity index (χ4v) is 4.10. The van der Waals surface area contributed by atoms with Gasteiger partial charge in [0.15, 0.2) is 0 Å². The first-order valence-corrected chi connectivity index (χ1v) is 11.9. The molecule has 0 spiro atoms. The van der Waals surface area contributed by atoms with Crippen LogP contribution in [0.2, 0.25) is 0 Å². The van der Waals surface area contributed by atoms with Crippen molar-refractivity contribution in [3.05, 3.63) is 96.0 Å². The molecule has 1 aromatic heterocycles. The standard InChI is InChI=1S/C28H32N4O3/c1-30(26-14-6-5-13-25(26)28(34)29-21-24-12-8-20-35-24)27(33)22-32-18-16-31(17-19-32)15-7-11-23-9-3-2-4-10-23/h2-14,20H,15-19,21-22H2,1H3,(H,29,34)/b11-7+. The lowest BCUT2D eigenvalue weighted by atomic mass is 10.1. The minimum atomic E-state index is -0.242. The number of hydrogen-bond acceptors (Lipinski definition) is 5. The van der Waals surface area contributed by atoms with Crippen LogP contribution >= 0.6 is 0 Å². The lowest BCUT2D eigenvalue weighted by molar-refractivity contribution is -0.119. The van der Waals surface area contributed by atoms with Gasteiger partial charge in [-0.3, -0.25) is 19.4 Å². The molecule has 2 amide bonds. The third-order valence-electron chi connectivity index (χ3n) is 6.18. The number of nitrogens with zero attached hydrogens (tertiary/aromatic N) is 3. The minimum Gasteiger partial charge on any atom is -0.467 e. The second kappa shape index (κ2) is 12.1. The molecule has 35 heavy (non-hydrogen) atoms. The number of carbonyl (C=O) groups is 2. The third-order valence-corrected chi connectivity index (χ3v) is 6.18. The van der Waals surface area contributed by atoms with E-state index >= 15 is 0 Å². The fourth-order valence-electron chi connectivity index (χ4n) is 4.10. The van der Waals surface area contributed by atoms with Crippen LogP contribution in [0, 0.1) is 0 Å². The maximum atomic E-state index is 13.1. The van der Waals surface area contributed by atoms with Crippen molar-refractivity contribution < 1.29 is 14.0 Å². The van der Waals surface area contributed by atoms with Gasteiger partial charge in [-0.15, -0.1) is 0 Å². The van der Waals surface area contributed by atoms with Crippen LogP contribution in [0.3, 0.4) is 0 Å². The third kappa shape index (κ3) is 6.91. The smallest absolute Gasteiger partial charge is 0.253 e. The molecule has 1 fully saturated rings. The summed E-state index contributed by atoms with van der Waals surface area (Å²) >= 11 is 0. The van der Waals surface area contributed by atoms with Crippen LogP contribution < -0.4 is 10.2 Å². The Morgan fingerprint density at radius 1 is 0.943 bits per heavy atom. The Bertz CT molecular complexity index is 1120. The number of nitrogens with one attached hydrogen (secondary N) is 1. The van der Waals surface area contributed by atoms with Crippen molar-refractivity contribution in [2.24, 2.45) is 0 Å². The number of carbonyl (C=O) groups excluding carboxylic acids is 2. The summed E-state index contributed by atoms with van der Waals surface area (Å²) in [5.41, 5.74) is 2.26. The summed E-state index contributed by atoms with van der Waals surface area (Å²) in [5.74, 6) is 0.400. The highest BCUT2D eigenvalue weighted by Gasteiger charge is 2.23. The zero-order valence-electron chi connectivity index (χ0n) is 20.1. The molecule has 0 aliphatic carbocycles. The van der Waals surface area contributed by atoms with Crippen molar-refractivity contribution in [2.75, 3.05) is 51.2 Å². The zero-order chi connectivity index (χ0) is 24.5. The van der Waals surface area contributed by atoms with Gasteiger partial charge in [0, 0.05) is 39.8 Å². The van der Waals surface area contributed by atoms with Crippen molar-refractivity contribution in [2.45, 2.75) is 6.54 Å². The average molecular weight is 473 g/mol. The Morgan fingerprint density at radius 2 is 1.66 bits per heavy atom. The van der Waals surface area contributed by atoms with Crippen molar-refractivity contribution in [3.63, 3.8) is 0 Å². The molecule has 1 aliphatic rings. The fraction of sp³-hybridized carbons (Fsp3) is 0.286. The topological polar surface area (TPSA) is 69.0 Å². The van der Waals surface area contributed by atoms with Gasteiger partial charge in [0.2, 0.25) is 5.91 Å². The molecule has 1 N–H and O–H groups in total. The molecule has 1 saturated heterocycles. The molecule has 0 unspecified atom stereocenters. The van der Waals surface area contributed by atoms with Crippen molar-refractivity contribution in [3.8, 4) is 0 Å². The van der Waals surface area contributed by atoms with Gasteiger partial charge in [-0.1, -0.05) is 54.6 Å². The monoisotopic (exact) mass is 472 g/mol. The first kappa shape index (κ1) is 24.4. The van der Waals surface area contributed by atoms with E-state index in [-0.39, 0.29) is 11.8 Å². The van der Waals surface area contributed by atoms with Gasteiger partial charge in [0.25, 0.3) is 5.91 Å². The number of hydrogen-bond donors (Lipinski definition) is 1. The molecule has 3 aromatic rings. The first-order chi connectivity index (χ1) is 17.1. The van der Waals surface area contributed by atoms with Crippen LogP contribution in [0.5, 0.6) is 0 Å². The molecule has 0 saturated carbocycles. The second-order valence-electron chi connectivity index (χ2n) is 8.62. The van der Waals surface area contributed by atoms with Crippen LogP contribution in [0.4, 0.5) is 5.69 Å². The van der Waals surface area contributed by atoms with Gasteiger partial charge in [0.05, 0.1) is 30.6 Å². The van der Waals surface area contributed by atoms with Gasteiger partial charge in [0.1, 0.15) is 5.76 Å². The largest absolute Gasteiger partial charge is 0.467 e. The van der Waals surface area contributed by atoms with Gasteiger partial charge in [-0.25, -0.2) is 0 Å². The highest BCUT2D eigenvalue weighted by atomic mass is 16.3. The molecule has 1 aliphatic heterocycles. The van der Waals surface area contributed by atoms with Gasteiger partial charge in [-0.2, -0.15) is 0 Å². The normalized spacial score (nSPS) is 14.8. The number of benzene rings is 2. The average Bonchev–Trinajstić information content (AvgIpc) is 3.42. The maximum absolute atomic E-state index is 13.1. The van der Waals surface area contributed by atoms with Crippen molar-refractivity contribution in [1.82, 2.24) is 15.1 Å². The van der Waals surface area contributed by atoms with E-state index in [1.165, 1.54) is 5.56 Å². The summed E-state index contributed by atoms with van der Waals surface area (Å²) in [7, 11) is 1.73. The van der Waals surface area contributed by atoms with Crippen LogP contribution in [0.25, 0.3) is 6.08 Å². The van der Waals surface area contributed by atoms with Gasteiger partial charge >= 0.3 is 0 Å². The molecule has 4 rings (SSSR count). The molecular formula is C28H32N4O3. The highest BCUT2D eigenvalue weighted by Crippen LogP contribution is 2.20. The van der Waals surface area contributed by atoms with E-state index in [0.717, 1.165) is 32.7 Å². The lowest BCUT2D eigenvalue weighted by Gasteiger charge is -2.34. The number of amides is 2. The van der Waals surface area contributed by atoms with Crippen molar-refractivity contribution >= 4 is 23.6 Å². The number of likely N-dealkylation sites (N-methyl/N-ethyl adjacent to an activating group) is 1. The molecule has 2 heterocycles. The molecule has 0 atom stereocenters. The van der Waals surface area contributed by atoms with E-state index in [2.05, 4.69) is 39.4 Å². The Balaban J connectivity index is 1.26. The molecule has 0 radical (unpaired) electrons. The summed E-state index contributed by atoms with van der Waals surface area (Å²) in [6.45, 7) is 5.03. The Morgan fingerprint density at radius 3 is 2.40 bits per heavy atom. The molecule has 7 nitrogen and oxygen atoms in total. The van der Waals surface area contributed by atoms with Gasteiger partial charge < -0.3 is 14.6 Å². The molecule has 0 bridgehead atoms. The van der Waals surface area contributed by atoms with Crippen molar-refractivity contribution in [1.29, 1.82) is 0 Å². The summed E-state index contributed by atoms with van der Waals surface area (Å²) in [6, 6.07) is 21.1. The lowest BCUT2D eigenvalue weighted by Crippen LogP contribution is -2.49. The van der Waals surface area contributed by atoms with Crippen LogP contribution in [0.1, 0.15) is 21.7 Å². The number of para-hydroxylation sites is 1. The van der Waals surface area contributed by atoms with E-state index in [1.54, 1.807) is 48.5 Å². The van der Waals surface area contributed by atoms with Gasteiger partial charge in [-0.05, 0) is 29.8 Å². The number of rotatable bonds is 9. The van der Waals surface area contributed by atoms with E-state index < -0.39 is 0 Å². The summed E-state index contributed by atoms with van der Waals surface area (Å²) in [6.07, 6.45) is 5.91. The highest BCUT2D eigenvalue weighted by molar-refractivity contribution is 6.04. The predicted molar refractivity (Wildman–Crippen MR) is 138 cm³/mol. The Hall–Kier alpha value is -3.68. The van der Waals surface area contributed by atoms with E-state index in [4.69, 9.17) is 4.42 Å². The van der Waals surface area contributed by atoms with E-state index in [0.29, 0.717) is 30.1 Å². The molecular weight excluding hydrogens is 440 g/mol. The zero-order valence-corrected chi connectivity index (χ0v) is 20.1. The van der Waals surface area contributed by atoms with E-state index in [1.807, 2.05) is 24.3 Å². The Kier molecular flexibility index (Phi) is 8.48. The maximum Gasteiger partial charge on any atom is 0.253 e. The summed E-state index contributed by atoms with van der Waals surface area (Å²) < 4.78 is 5.28. The Labute approximate surface area is 206 Å². The second-order valence-corrected chi connectivity index (χ2v) is 8.62. The number of piperazine rings is 1. The first-order valence-electron chi connectivity index (χ1n) is 11.9.